The van der Waals surface area contributed by atoms with Crippen LogP contribution >= 0.6 is 0 Å². The van der Waals surface area contributed by atoms with Crippen molar-refractivity contribution in [3.05, 3.63) is 54.1 Å². The second-order valence-corrected chi connectivity index (χ2v) is 7.45. The molecular weight excluding hydrogens is 413 g/mol. The van der Waals surface area contributed by atoms with Crippen LogP contribution < -0.4 is 19.5 Å². The molecule has 2 N–H and O–H groups in total. The maximum absolute atomic E-state index is 12.4. The van der Waals surface area contributed by atoms with E-state index < -0.39 is 28.0 Å². The second kappa shape index (κ2) is 8.86. The average molecular weight is 430 g/mol. The monoisotopic (exact) mass is 430 g/mol. The molecule has 0 unspecified atom stereocenters. The summed E-state index contributed by atoms with van der Waals surface area (Å²) in [5.41, 5.74) is 0.530. The van der Waals surface area contributed by atoms with Gasteiger partial charge in [-0.15, -0.1) is 13.2 Å². The van der Waals surface area contributed by atoms with Crippen molar-refractivity contribution in [2.45, 2.75) is 6.36 Å². The highest BCUT2D eigenvalue weighted by Gasteiger charge is 2.31. The molecule has 1 amide bonds. The summed E-state index contributed by atoms with van der Waals surface area (Å²) in [4.78, 5) is 12.1. The first-order valence-corrected chi connectivity index (χ1v) is 9.85. The summed E-state index contributed by atoms with van der Waals surface area (Å²) in [5.74, 6) is -0.902. The van der Waals surface area contributed by atoms with Gasteiger partial charge in [0.05, 0.1) is 19.1 Å². The number of benzene rings is 2. The molecule has 0 spiro atoms. The van der Waals surface area contributed by atoms with E-state index >= 15 is 0 Å². The summed E-state index contributed by atoms with van der Waals surface area (Å²) in [5, 5.41) is 2.50. The number of sulfonamides is 1. The zero-order chi connectivity index (χ0) is 21.7. The summed E-state index contributed by atoms with van der Waals surface area (Å²) in [7, 11) is -2.20. The molecule has 29 heavy (non-hydrogen) atoms. The average Bonchev–Trinajstić information content (AvgIpc) is 2.60. The third kappa shape index (κ3) is 7.37. The van der Waals surface area contributed by atoms with Gasteiger partial charge in [0, 0.05) is 23.4 Å². The van der Waals surface area contributed by atoms with Crippen LogP contribution in [0.1, 0.15) is 5.56 Å². The summed E-state index contributed by atoms with van der Waals surface area (Å²) < 4.78 is 71.2. The lowest BCUT2D eigenvalue weighted by Crippen LogP contribution is -2.17. The van der Waals surface area contributed by atoms with Gasteiger partial charge >= 0.3 is 6.36 Å². The molecule has 156 valence electrons. The SMILES string of the molecule is COc1cc(NC(=O)/C=C/c2ccccc2OC(F)(F)F)ccc1NS(C)(=O)=O. The molecule has 0 aliphatic rings. The number of carbonyl (C=O) groups is 1. The van der Waals surface area contributed by atoms with Crippen molar-refractivity contribution in [2.24, 2.45) is 0 Å². The number of hydrogen-bond donors (Lipinski definition) is 2. The molecule has 0 aliphatic heterocycles. The molecule has 0 atom stereocenters. The Labute approximate surface area is 165 Å². The predicted molar refractivity (Wildman–Crippen MR) is 102 cm³/mol. The van der Waals surface area contributed by atoms with Gasteiger partial charge in [-0.05, 0) is 24.3 Å². The molecule has 2 aromatic carbocycles. The third-order valence-electron chi connectivity index (χ3n) is 3.32. The fourth-order valence-electron chi connectivity index (χ4n) is 2.24. The lowest BCUT2D eigenvalue weighted by Gasteiger charge is -2.12. The van der Waals surface area contributed by atoms with Gasteiger partial charge in [-0.2, -0.15) is 0 Å². The minimum Gasteiger partial charge on any atom is -0.494 e. The van der Waals surface area contributed by atoms with E-state index in [0.717, 1.165) is 18.4 Å². The van der Waals surface area contributed by atoms with Crippen molar-refractivity contribution >= 4 is 33.4 Å². The van der Waals surface area contributed by atoms with Gasteiger partial charge < -0.3 is 14.8 Å². The largest absolute Gasteiger partial charge is 0.573 e. The van der Waals surface area contributed by atoms with E-state index in [0.29, 0.717) is 0 Å². The van der Waals surface area contributed by atoms with E-state index in [1.807, 2.05) is 0 Å². The van der Waals surface area contributed by atoms with E-state index in [1.54, 1.807) is 0 Å². The quantitative estimate of drug-likeness (QED) is 0.655. The van der Waals surface area contributed by atoms with Gasteiger partial charge in [-0.3, -0.25) is 9.52 Å². The van der Waals surface area contributed by atoms with E-state index in [2.05, 4.69) is 14.8 Å². The van der Waals surface area contributed by atoms with E-state index in [1.165, 1.54) is 49.6 Å². The molecule has 0 saturated heterocycles. The number of ether oxygens (including phenoxy) is 2. The minimum absolute atomic E-state index is 0.0604. The molecule has 0 heterocycles. The lowest BCUT2D eigenvalue weighted by molar-refractivity contribution is -0.274. The summed E-state index contributed by atoms with van der Waals surface area (Å²) in [6, 6.07) is 9.58. The lowest BCUT2D eigenvalue weighted by atomic mass is 10.2. The van der Waals surface area contributed by atoms with Crippen LogP contribution in [0.15, 0.2) is 48.5 Å². The highest BCUT2D eigenvalue weighted by atomic mass is 32.2. The Morgan fingerprint density at radius 2 is 1.79 bits per heavy atom. The highest BCUT2D eigenvalue weighted by molar-refractivity contribution is 7.92. The topological polar surface area (TPSA) is 93.7 Å². The molecule has 11 heteroatoms. The number of nitrogens with one attached hydrogen (secondary N) is 2. The van der Waals surface area contributed by atoms with Crippen LogP contribution in [-0.2, 0) is 14.8 Å². The van der Waals surface area contributed by atoms with Crippen LogP contribution in [0.4, 0.5) is 24.5 Å². The standard InChI is InChI=1S/C18H17F3N2O5S/c1-27-16-11-13(8-9-14(16)23-29(2,25)26)22-17(24)10-7-12-5-3-4-6-15(12)28-18(19,20)21/h3-11,23H,1-2H3,(H,22,24)/b10-7+. The first kappa shape index (κ1) is 22.1. The molecule has 0 saturated carbocycles. The van der Waals surface area contributed by atoms with E-state index in [-0.39, 0.29) is 22.7 Å². The summed E-state index contributed by atoms with van der Waals surface area (Å²) >= 11 is 0. The fraction of sp³-hybridized carbons (Fsp3) is 0.167. The fourth-order valence-corrected chi connectivity index (χ4v) is 2.81. The normalized spacial score (nSPS) is 11.9. The first-order chi connectivity index (χ1) is 13.5. The smallest absolute Gasteiger partial charge is 0.494 e. The number of rotatable bonds is 7. The number of carbonyl (C=O) groups excluding carboxylic acids is 1. The Bertz CT molecular complexity index is 1020. The number of methoxy groups -OCH3 is 1. The van der Waals surface area contributed by atoms with Crippen molar-refractivity contribution in [3.63, 3.8) is 0 Å². The highest BCUT2D eigenvalue weighted by Crippen LogP contribution is 2.29. The Morgan fingerprint density at radius 3 is 2.41 bits per heavy atom. The van der Waals surface area contributed by atoms with Crippen LogP contribution in [0, 0.1) is 0 Å². The Morgan fingerprint density at radius 1 is 1.10 bits per heavy atom. The van der Waals surface area contributed by atoms with Crippen LogP contribution in [-0.4, -0.2) is 34.1 Å². The molecular formula is C18H17F3N2O5S. The Kier molecular flexibility index (Phi) is 6.75. The van der Waals surface area contributed by atoms with Crippen LogP contribution in [0.5, 0.6) is 11.5 Å². The second-order valence-electron chi connectivity index (χ2n) is 5.70. The first-order valence-electron chi connectivity index (χ1n) is 7.96. The maximum Gasteiger partial charge on any atom is 0.573 e. The minimum atomic E-state index is -4.86. The molecule has 2 aromatic rings. The molecule has 7 nitrogen and oxygen atoms in total. The summed E-state index contributed by atoms with van der Waals surface area (Å²) in [6.45, 7) is 0. The predicted octanol–water partition coefficient (Wildman–Crippen LogP) is 3.62. The Hall–Kier alpha value is -3.21. The van der Waals surface area contributed by atoms with Gasteiger partial charge in [0.1, 0.15) is 11.5 Å². The number of alkyl halides is 3. The van der Waals surface area contributed by atoms with Crippen molar-refractivity contribution in [1.82, 2.24) is 0 Å². The zero-order valence-corrected chi connectivity index (χ0v) is 16.1. The van der Waals surface area contributed by atoms with Crippen molar-refractivity contribution in [1.29, 1.82) is 0 Å². The van der Waals surface area contributed by atoms with Gasteiger partial charge in [-0.25, -0.2) is 8.42 Å². The van der Waals surface area contributed by atoms with Crippen molar-refractivity contribution < 1.29 is 35.9 Å². The molecule has 2 rings (SSSR count). The molecule has 0 aromatic heterocycles. The van der Waals surface area contributed by atoms with Crippen LogP contribution in [0.2, 0.25) is 0 Å². The molecule has 0 radical (unpaired) electrons. The number of hydrogen-bond acceptors (Lipinski definition) is 5. The van der Waals surface area contributed by atoms with E-state index in [4.69, 9.17) is 4.74 Å². The van der Waals surface area contributed by atoms with Gasteiger partial charge in [0.25, 0.3) is 0 Å². The van der Waals surface area contributed by atoms with Crippen LogP contribution in [0.3, 0.4) is 0 Å². The molecule has 0 bridgehead atoms. The molecule has 0 fully saturated rings. The van der Waals surface area contributed by atoms with Crippen LogP contribution in [0.25, 0.3) is 6.08 Å². The third-order valence-corrected chi connectivity index (χ3v) is 3.91. The maximum atomic E-state index is 12.4. The van der Waals surface area contributed by atoms with Gasteiger partial charge in [0.15, 0.2) is 0 Å². The van der Waals surface area contributed by atoms with Crippen molar-refractivity contribution in [3.8, 4) is 11.5 Å². The molecule has 0 aliphatic carbocycles. The van der Waals surface area contributed by atoms with E-state index in [9.17, 15) is 26.4 Å². The van der Waals surface area contributed by atoms with Crippen molar-refractivity contribution in [2.75, 3.05) is 23.4 Å². The number of para-hydroxylation sites is 1. The number of anilines is 2. The number of amides is 1. The zero-order valence-electron chi connectivity index (χ0n) is 15.3. The van der Waals surface area contributed by atoms with Gasteiger partial charge in [0.2, 0.25) is 15.9 Å². The van der Waals surface area contributed by atoms with Gasteiger partial charge in [-0.1, -0.05) is 18.2 Å². The number of halogens is 3. The summed E-state index contributed by atoms with van der Waals surface area (Å²) in [6.07, 6.45) is -1.67. The Balaban J connectivity index is 2.14.